The van der Waals surface area contributed by atoms with Gasteiger partial charge in [0.15, 0.2) is 0 Å². The summed E-state index contributed by atoms with van der Waals surface area (Å²) in [7, 11) is 0. The lowest BCUT2D eigenvalue weighted by atomic mass is 9.88. The molecular formula is C13H23N. The van der Waals surface area contributed by atoms with Gasteiger partial charge in [0, 0.05) is 17.8 Å². The zero-order chi connectivity index (χ0) is 10.3. The van der Waals surface area contributed by atoms with E-state index in [0.717, 1.165) is 23.9 Å². The molecule has 0 N–H and O–H groups in total. The zero-order valence-electron chi connectivity index (χ0n) is 9.79. The summed E-state index contributed by atoms with van der Waals surface area (Å²) < 4.78 is 0. The van der Waals surface area contributed by atoms with Gasteiger partial charge >= 0.3 is 0 Å². The number of fused-ring (bicyclic) bond motifs is 1. The van der Waals surface area contributed by atoms with Crippen LogP contribution in [0.5, 0.6) is 0 Å². The van der Waals surface area contributed by atoms with Gasteiger partial charge in [-0.1, -0.05) is 20.4 Å². The summed E-state index contributed by atoms with van der Waals surface area (Å²) in [6.45, 7) is 11.3. The van der Waals surface area contributed by atoms with E-state index in [1.54, 1.807) is 0 Å². The molecule has 2 fully saturated rings. The lowest BCUT2D eigenvalue weighted by Crippen LogP contribution is -2.37. The molecule has 0 aliphatic carbocycles. The first-order valence-electron chi connectivity index (χ1n) is 6.07. The van der Waals surface area contributed by atoms with Crippen LogP contribution < -0.4 is 0 Å². The van der Waals surface area contributed by atoms with E-state index >= 15 is 0 Å². The second-order valence-corrected chi connectivity index (χ2v) is 5.40. The lowest BCUT2D eigenvalue weighted by Gasteiger charge is -2.37. The normalized spacial score (nSPS) is 37.9. The Hall–Kier alpha value is -0.460. The Morgan fingerprint density at radius 1 is 1.43 bits per heavy atom. The fraction of sp³-hybridized carbons (Fsp3) is 0.846. The summed E-state index contributed by atoms with van der Waals surface area (Å²) in [4.78, 5) is 2.62. The highest BCUT2D eigenvalue weighted by Crippen LogP contribution is 2.42. The second-order valence-electron chi connectivity index (χ2n) is 5.40. The Bertz CT molecular complexity index is 231. The molecule has 0 aromatic rings. The molecule has 0 bridgehead atoms. The molecular weight excluding hydrogens is 170 g/mol. The minimum absolute atomic E-state index is 0.729. The minimum atomic E-state index is 0.729. The molecule has 0 aromatic carbocycles. The molecule has 0 aromatic heterocycles. The Balaban J connectivity index is 2.15. The highest BCUT2D eigenvalue weighted by atomic mass is 15.2. The van der Waals surface area contributed by atoms with E-state index in [9.17, 15) is 0 Å². The molecule has 0 radical (unpaired) electrons. The van der Waals surface area contributed by atoms with E-state index < -0.39 is 0 Å². The van der Waals surface area contributed by atoms with Gasteiger partial charge in [0.25, 0.3) is 0 Å². The molecule has 3 atom stereocenters. The Kier molecular flexibility index (Phi) is 2.59. The molecule has 2 heterocycles. The molecule has 1 nitrogen and oxygen atoms in total. The van der Waals surface area contributed by atoms with Gasteiger partial charge < -0.3 is 4.90 Å². The third kappa shape index (κ3) is 1.47. The van der Waals surface area contributed by atoms with Crippen molar-refractivity contribution < 1.29 is 0 Å². The predicted molar refractivity (Wildman–Crippen MR) is 61.0 cm³/mol. The van der Waals surface area contributed by atoms with Gasteiger partial charge in [-0.25, -0.2) is 0 Å². The molecule has 2 saturated heterocycles. The SMILES string of the molecule is C=C1CCCC2CC(C(C)C)C(C)N12. The van der Waals surface area contributed by atoms with Crippen LogP contribution in [-0.4, -0.2) is 17.0 Å². The summed E-state index contributed by atoms with van der Waals surface area (Å²) in [6.07, 6.45) is 5.38. The van der Waals surface area contributed by atoms with Crippen LogP contribution in [0.2, 0.25) is 0 Å². The quantitative estimate of drug-likeness (QED) is 0.617. The van der Waals surface area contributed by atoms with E-state index in [0.29, 0.717) is 0 Å². The van der Waals surface area contributed by atoms with Gasteiger partial charge in [-0.05, 0) is 44.4 Å². The van der Waals surface area contributed by atoms with E-state index in [1.165, 1.54) is 31.4 Å². The van der Waals surface area contributed by atoms with Gasteiger partial charge in [-0.15, -0.1) is 0 Å². The topological polar surface area (TPSA) is 3.24 Å². The zero-order valence-corrected chi connectivity index (χ0v) is 9.79. The van der Waals surface area contributed by atoms with E-state index in [-0.39, 0.29) is 0 Å². The van der Waals surface area contributed by atoms with E-state index in [1.807, 2.05) is 0 Å². The fourth-order valence-corrected chi connectivity index (χ4v) is 3.47. The van der Waals surface area contributed by atoms with Crippen molar-refractivity contribution in [3.63, 3.8) is 0 Å². The summed E-state index contributed by atoms with van der Waals surface area (Å²) >= 11 is 0. The minimum Gasteiger partial charge on any atom is -0.369 e. The largest absolute Gasteiger partial charge is 0.369 e. The molecule has 0 amide bonds. The monoisotopic (exact) mass is 193 g/mol. The second kappa shape index (κ2) is 3.60. The van der Waals surface area contributed by atoms with Crippen molar-refractivity contribution in [2.24, 2.45) is 11.8 Å². The molecule has 2 rings (SSSR count). The molecule has 0 saturated carbocycles. The van der Waals surface area contributed by atoms with Crippen LogP contribution in [0.25, 0.3) is 0 Å². The number of rotatable bonds is 1. The average Bonchev–Trinajstić information content (AvgIpc) is 2.45. The maximum absolute atomic E-state index is 4.23. The molecule has 0 spiro atoms. The number of hydrogen-bond donors (Lipinski definition) is 0. The standard InChI is InChI=1S/C13H23N/c1-9(2)13-8-12-7-5-6-10(3)14(12)11(13)4/h9,11-13H,3,5-8H2,1-2,4H3. The van der Waals surface area contributed by atoms with Crippen LogP contribution in [-0.2, 0) is 0 Å². The number of nitrogens with zero attached hydrogens (tertiary/aromatic N) is 1. The third-order valence-electron chi connectivity index (χ3n) is 4.22. The summed E-state index contributed by atoms with van der Waals surface area (Å²) in [5.41, 5.74) is 1.40. The lowest BCUT2D eigenvalue weighted by molar-refractivity contribution is 0.196. The number of piperidine rings is 1. The predicted octanol–water partition coefficient (Wildman–Crippen LogP) is 3.42. The third-order valence-corrected chi connectivity index (χ3v) is 4.22. The summed E-state index contributed by atoms with van der Waals surface area (Å²) in [5, 5.41) is 0. The number of allylic oxidation sites excluding steroid dienone is 1. The van der Waals surface area contributed by atoms with Crippen LogP contribution in [0.3, 0.4) is 0 Å². The van der Waals surface area contributed by atoms with Gasteiger partial charge in [0.2, 0.25) is 0 Å². The highest BCUT2D eigenvalue weighted by molar-refractivity contribution is 5.08. The van der Waals surface area contributed by atoms with Crippen LogP contribution in [0, 0.1) is 11.8 Å². The molecule has 2 aliphatic heterocycles. The molecule has 80 valence electrons. The first kappa shape index (κ1) is 10.1. The van der Waals surface area contributed by atoms with Crippen molar-refractivity contribution in [3.8, 4) is 0 Å². The summed E-state index contributed by atoms with van der Waals surface area (Å²) in [6, 6.07) is 1.55. The molecule has 14 heavy (non-hydrogen) atoms. The van der Waals surface area contributed by atoms with Gasteiger partial charge in [0.05, 0.1) is 0 Å². The van der Waals surface area contributed by atoms with Gasteiger partial charge in [0.1, 0.15) is 0 Å². The van der Waals surface area contributed by atoms with Crippen molar-refractivity contribution in [1.82, 2.24) is 4.90 Å². The summed E-state index contributed by atoms with van der Waals surface area (Å²) in [5.74, 6) is 1.71. The highest BCUT2D eigenvalue weighted by Gasteiger charge is 2.41. The smallest absolute Gasteiger partial charge is 0.0293 e. The van der Waals surface area contributed by atoms with Crippen molar-refractivity contribution in [1.29, 1.82) is 0 Å². The molecule has 2 aliphatic rings. The first-order valence-corrected chi connectivity index (χ1v) is 6.07. The van der Waals surface area contributed by atoms with Crippen molar-refractivity contribution >= 4 is 0 Å². The van der Waals surface area contributed by atoms with Gasteiger partial charge in [-0.2, -0.15) is 0 Å². The van der Waals surface area contributed by atoms with Crippen molar-refractivity contribution in [2.45, 2.75) is 58.5 Å². The first-order chi connectivity index (χ1) is 6.61. The van der Waals surface area contributed by atoms with Gasteiger partial charge in [-0.3, -0.25) is 0 Å². The fourth-order valence-electron chi connectivity index (χ4n) is 3.47. The van der Waals surface area contributed by atoms with Crippen LogP contribution in [0.1, 0.15) is 46.5 Å². The Morgan fingerprint density at radius 3 is 2.71 bits per heavy atom. The van der Waals surface area contributed by atoms with E-state index in [2.05, 4.69) is 32.3 Å². The van der Waals surface area contributed by atoms with Crippen LogP contribution in [0.15, 0.2) is 12.3 Å². The van der Waals surface area contributed by atoms with Crippen LogP contribution >= 0.6 is 0 Å². The Morgan fingerprint density at radius 2 is 2.14 bits per heavy atom. The average molecular weight is 193 g/mol. The van der Waals surface area contributed by atoms with Crippen molar-refractivity contribution in [2.75, 3.05) is 0 Å². The number of hydrogen-bond acceptors (Lipinski definition) is 1. The maximum atomic E-state index is 4.23. The Labute approximate surface area is 88.2 Å². The maximum Gasteiger partial charge on any atom is 0.0293 e. The molecule has 1 heteroatoms. The van der Waals surface area contributed by atoms with Crippen molar-refractivity contribution in [3.05, 3.63) is 12.3 Å². The van der Waals surface area contributed by atoms with E-state index in [4.69, 9.17) is 0 Å². The van der Waals surface area contributed by atoms with Crippen LogP contribution in [0.4, 0.5) is 0 Å². The molecule has 3 unspecified atom stereocenters.